The van der Waals surface area contributed by atoms with Gasteiger partial charge in [-0.05, 0) is 25.2 Å². The number of nitrogens with one attached hydrogen (secondary N) is 1. The highest BCUT2D eigenvalue weighted by Crippen LogP contribution is 2.24. The Morgan fingerprint density at radius 2 is 2.25 bits per heavy atom. The summed E-state index contributed by atoms with van der Waals surface area (Å²) in [5, 5.41) is 3.50. The predicted molar refractivity (Wildman–Crippen MR) is 67.6 cm³/mol. The summed E-state index contributed by atoms with van der Waals surface area (Å²) in [5.74, 6) is 1.93. The Hall–Kier alpha value is -0.990. The number of hydrogen-bond donors (Lipinski definition) is 1. The molecule has 0 bridgehead atoms. The average Bonchev–Trinajstić information content (AvgIpc) is 2.94. The maximum Gasteiger partial charge on any atom is 0.202 e. The molecule has 0 spiro atoms. The summed E-state index contributed by atoms with van der Waals surface area (Å²) in [6.45, 7) is 4.41. The van der Waals surface area contributed by atoms with Crippen molar-refractivity contribution in [2.45, 2.75) is 52.0 Å². The van der Waals surface area contributed by atoms with Gasteiger partial charge in [-0.15, -0.1) is 0 Å². The third-order valence-electron chi connectivity index (χ3n) is 3.49. The van der Waals surface area contributed by atoms with E-state index in [9.17, 15) is 0 Å². The van der Waals surface area contributed by atoms with Gasteiger partial charge in [-0.1, -0.05) is 26.2 Å². The highest BCUT2D eigenvalue weighted by atomic mass is 15.2. The molecule has 0 atom stereocenters. The van der Waals surface area contributed by atoms with Crippen LogP contribution >= 0.6 is 0 Å². The average molecular weight is 221 g/mol. The first-order valence-corrected chi connectivity index (χ1v) is 6.65. The van der Waals surface area contributed by atoms with Crippen LogP contribution in [0.5, 0.6) is 0 Å². The van der Waals surface area contributed by atoms with Crippen molar-refractivity contribution in [1.29, 1.82) is 0 Å². The second-order valence-electron chi connectivity index (χ2n) is 4.83. The Kier molecular flexibility index (Phi) is 4.25. The van der Waals surface area contributed by atoms with Crippen LogP contribution in [0.3, 0.4) is 0 Å². The molecule has 3 heteroatoms. The van der Waals surface area contributed by atoms with E-state index in [1.165, 1.54) is 38.5 Å². The first-order chi connectivity index (χ1) is 7.90. The molecular formula is C13H23N3. The van der Waals surface area contributed by atoms with Crippen LogP contribution in [-0.4, -0.2) is 16.1 Å². The molecule has 0 aromatic carbocycles. The van der Waals surface area contributed by atoms with Crippen molar-refractivity contribution in [3.63, 3.8) is 0 Å². The van der Waals surface area contributed by atoms with Gasteiger partial charge in [0.15, 0.2) is 0 Å². The predicted octanol–water partition coefficient (Wildman–Crippen LogP) is 3.29. The topological polar surface area (TPSA) is 29.9 Å². The summed E-state index contributed by atoms with van der Waals surface area (Å²) in [7, 11) is 0. The van der Waals surface area contributed by atoms with Gasteiger partial charge < -0.3 is 9.88 Å². The summed E-state index contributed by atoms with van der Waals surface area (Å²) < 4.78 is 2.23. The van der Waals surface area contributed by atoms with Crippen LogP contribution in [0.15, 0.2) is 12.4 Å². The van der Waals surface area contributed by atoms with Gasteiger partial charge in [0, 0.05) is 25.5 Å². The van der Waals surface area contributed by atoms with Crippen molar-refractivity contribution >= 4 is 5.95 Å². The van der Waals surface area contributed by atoms with E-state index < -0.39 is 0 Å². The normalized spacial score (nSPS) is 16.8. The Morgan fingerprint density at radius 1 is 1.44 bits per heavy atom. The summed E-state index contributed by atoms with van der Waals surface area (Å²) in [4.78, 5) is 4.38. The Balaban J connectivity index is 1.80. The lowest BCUT2D eigenvalue weighted by Gasteiger charge is -2.12. The zero-order valence-corrected chi connectivity index (χ0v) is 10.3. The zero-order valence-electron chi connectivity index (χ0n) is 10.3. The van der Waals surface area contributed by atoms with Crippen molar-refractivity contribution in [2.75, 3.05) is 11.9 Å². The molecule has 0 radical (unpaired) electrons. The molecule has 0 saturated heterocycles. The van der Waals surface area contributed by atoms with Gasteiger partial charge in [0.05, 0.1) is 0 Å². The molecule has 90 valence electrons. The minimum absolute atomic E-state index is 0.872. The van der Waals surface area contributed by atoms with Crippen molar-refractivity contribution in [1.82, 2.24) is 9.55 Å². The summed E-state index contributed by atoms with van der Waals surface area (Å²) in [5.41, 5.74) is 0. The van der Waals surface area contributed by atoms with Gasteiger partial charge in [-0.3, -0.25) is 0 Å². The quantitative estimate of drug-likeness (QED) is 0.799. The van der Waals surface area contributed by atoms with Gasteiger partial charge in [0.2, 0.25) is 5.95 Å². The number of anilines is 1. The van der Waals surface area contributed by atoms with Crippen molar-refractivity contribution in [2.24, 2.45) is 5.92 Å². The van der Waals surface area contributed by atoms with Crippen molar-refractivity contribution in [3.05, 3.63) is 12.4 Å². The van der Waals surface area contributed by atoms with E-state index in [-0.39, 0.29) is 0 Å². The maximum atomic E-state index is 4.38. The standard InChI is InChI=1S/C13H23N3/c1-2-3-9-16-10-8-14-13(16)15-11-12-6-4-5-7-12/h8,10,12H,2-7,9,11H2,1H3,(H,14,15). The lowest BCUT2D eigenvalue weighted by atomic mass is 10.1. The Labute approximate surface area is 98.3 Å². The van der Waals surface area contributed by atoms with Gasteiger partial charge >= 0.3 is 0 Å². The van der Waals surface area contributed by atoms with Crippen LogP contribution in [0.4, 0.5) is 5.95 Å². The first-order valence-electron chi connectivity index (χ1n) is 6.65. The highest BCUT2D eigenvalue weighted by molar-refractivity contribution is 5.25. The number of nitrogens with zero attached hydrogens (tertiary/aromatic N) is 2. The van der Waals surface area contributed by atoms with Gasteiger partial charge in [0.1, 0.15) is 0 Å². The first kappa shape index (κ1) is 11.5. The molecule has 1 N–H and O–H groups in total. The minimum atomic E-state index is 0.872. The second kappa shape index (κ2) is 5.92. The summed E-state index contributed by atoms with van der Waals surface area (Å²) >= 11 is 0. The SMILES string of the molecule is CCCCn1ccnc1NCC1CCCC1. The molecule has 1 aromatic rings. The van der Waals surface area contributed by atoms with E-state index in [4.69, 9.17) is 0 Å². The van der Waals surface area contributed by atoms with E-state index in [1.807, 2.05) is 6.20 Å². The van der Waals surface area contributed by atoms with Crippen LogP contribution in [0.25, 0.3) is 0 Å². The maximum absolute atomic E-state index is 4.38. The van der Waals surface area contributed by atoms with E-state index in [2.05, 4.69) is 28.0 Å². The van der Waals surface area contributed by atoms with Crippen LogP contribution in [-0.2, 0) is 6.54 Å². The highest BCUT2D eigenvalue weighted by Gasteiger charge is 2.15. The van der Waals surface area contributed by atoms with Crippen LogP contribution in [0, 0.1) is 5.92 Å². The molecule has 0 amide bonds. The molecule has 3 nitrogen and oxygen atoms in total. The van der Waals surface area contributed by atoms with Gasteiger partial charge in [-0.25, -0.2) is 4.98 Å². The Morgan fingerprint density at radius 3 is 3.00 bits per heavy atom. The minimum Gasteiger partial charge on any atom is -0.355 e. The number of hydrogen-bond acceptors (Lipinski definition) is 2. The Bertz CT molecular complexity index is 300. The lowest BCUT2D eigenvalue weighted by Crippen LogP contribution is -2.14. The molecule has 1 saturated carbocycles. The fourth-order valence-electron chi connectivity index (χ4n) is 2.44. The zero-order chi connectivity index (χ0) is 11.2. The van der Waals surface area contributed by atoms with Crippen LogP contribution < -0.4 is 5.32 Å². The molecule has 0 unspecified atom stereocenters. The van der Waals surface area contributed by atoms with Crippen molar-refractivity contribution < 1.29 is 0 Å². The smallest absolute Gasteiger partial charge is 0.202 e. The third-order valence-corrected chi connectivity index (χ3v) is 3.49. The molecule has 1 aromatic heterocycles. The van der Waals surface area contributed by atoms with E-state index in [1.54, 1.807) is 0 Å². The second-order valence-corrected chi connectivity index (χ2v) is 4.83. The molecule has 1 aliphatic rings. The number of imidazole rings is 1. The van der Waals surface area contributed by atoms with Crippen molar-refractivity contribution in [3.8, 4) is 0 Å². The molecular weight excluding hydrogens is 198 g/mol. The summed E-state index contributed by atoms with van der Waals surface area (Å²) in [6.07, 6.45) is 12.0. The molecule has 1 fully saturated rings. The molecule has 2 rings (SSSR count). The van der Waals surface area contributed by atoms with E-state index in [0.717, 1.165) is 25.0 Å². The summed E-state index contributed by atoms with van der Waals surface area (Å²) in [6, 6.07) is 0. The lowest BCUT2D eigenvalue weighted by molar-refractivity contribution is 0.570. The van der Waals surface area contributed by atoms with E-state index >= 15 is 0 Å². The monoisotopic (exact) mass is 221 g/mol. The van der Waals surface area contributed by atoms with E-state index in [0.29, 0.717) is 0 Å². The van der Waals surface area contributed by atoms with Crippen LogP contribution in [0.1, 0.15) is 45.4 Å². The molecule has 16 heavy (non-hydrogen) atoms. The number of aromatic nitrogens is 2. The van der Waals surface area contributed by atoms with Crippen LogP contribution in [0.2, 0.25) is 0 Å². The number of rotatable bonds is 6. The molecule has 1 heterocycles. The number of unbranched alkanes of at least 4 members (excludes halogenated alkanes) is 1. The van der Waals surface area contributed by atoms with Gasteiger partial charge in [0.25, 0.3) is 0 Å². The number of aryl methyl sites for hydroxylation is 1. The third kappa shape index (κ3) is 3.00. The fraction of sp³-hybridized carbons (Fsp3) is 0.769. The van der Waals surface area contributed by atoms with Gasteiger partial charge in [-0.2, -0.15) is 0 Å². The molecule has 0 aliphatic heterocycles. The fourth-order valence-corrected chi connectivity index (χ4v) is 2.44. The molecule has 1 aliphatic carbocycles. The largest absolute Gasteiger partial charge is 0.355 e.